The van der Waals surface area contributed by atoms with Gasteiger partial charge in [-0.25, -0.2) is 0 Å². The molecule has 2 rings (SSSR count). The summed E-state index contributed by atoms with van der Waals surface area (Å²) in [5, 5.41) is 51.5. The standard InChI is InChI=1S/C12H16N2O7/c15-5-8-9(16)10(17)11(18)12(21-8)13-6-1-3-7(4-2-6)14(19)20/h1-4,8-13,15-18H,5H2/t8-,9+,10+,11-,12-/m0/s1. The highest BCUT2D eigenvalue weighted by Crippen LogP contribution is 2.23. The van der Waals surface area contributed by atoms with Crippen LogP contribution in [0.2, 0.25) is 0 Å². The number of nitro benzene ring substituents is 1. The third kappa shape index (κ3) is 3.28. The number of aliphatic hydroxyl groups excluding tert-OH is 4. The molecule has 1 heterocycles. The highest BCUT2D eigenvalue weighted by atomic mass is 16.6. The van der Waals surface area contributed by atoms with Crippen molar-refractivity contribution in [2.45, 2.75) is 30.6 Å². The number of ether oxygens (including phenoxy) is 1. The number of nitro groups is 1. The molecular formula is C12H16N2O7. The molecule has 9 heteroatoms. The van der Waals surface area contributed by atoms with Gasteiger partial charge in [-0.15, -0.1) is 0 Å². The highest BCUT2D eigenvalue weighted by Gasteiger charge is 2.43. The normalized spacial score (nSPS) is 32.7. The van der Waals surface area contributed by atoms with Crippen LogP contribution in [-0.2, 0) is 4.74 Å². The van der Waals surface area contributed by atoms with Crippen molar-refractivity contribution in [3.8, 4) is 0 Å². The minimum atomic E-state index is -1.48. The molecule has 0 aliphatic carbocycles. The number of non-ortho nitro benzene ring substituents is 1. The molecule has 116 valence electrons. The maximum absolute atomic E-state index is 10.5. The highest BCUT2D eigenvalue weighted by molar-refractivity contribution is 5.49. The number of nitrogens with zero attached hydrogens (tertiary/aromatic N) is 1. The lowest BCUT2D eigenvalue weighted by Gasteiger charge is -2.40. The zero-order chi connectivity index (χ0) is 15.6. The first kappa shape index (κ1) is 15.6. The largest absolute Gasteiger partial charge is 0.394 e. The Morgan fingerprint density at radius 1 is 1.14 bits per heavy atom. The summed E-state index contributed by atoms with van der Waals surface area (Å²) in [6.07, 6.45) is -6.41. The van der Waals surface area contributed by atoms with Crippen LogP contribution in [0, 0.1) is 10.1 Å². The van der Waals surface area contributed by atoms with E-state index in [9.17, 15) is 25.4 Å². The molecule has 9 nitrogen and oxygen atoms in total. The van der Waals surface area contributed by atoms with E-state index in [4.69, 9.17) is 9.84 Å². The molecule has 1 aliphatic heterocycles. The number of anilines is 1. The zero-order valence-electron chi connectivity index (χ0n) is 10.9. The first-order valence-electron chi connectivity index (χ1n) is 6.25. The second-order valence-corrected chi connectivity index (χ2v) is 4.70. The molecule has 1 aliphatic rings. The van der Waals surface area contributed by atoms with Crippen LogP contribution in [0.3, 0.4) is 0 Å². The van der Waals surface area contributed by atoms with Crippen LogP contribution in [0.15, 0.2) is 24.3 Å². The monoisotopic (exact) mass is 300 g/mol. The molecule has 0 aromatic heterocycles. The minimum Gasteiger partial charge on any atom is -0.394 e. The average Bonchev–Trinajstić information content (AvgIpc) is 2.48. The van der Waals surface area contributed by atoms with Crippen molar-refractivity contribution in [1.29, 1.82) is 0 Å². The minimum absolute atomic E-state index is 0.0886. The lowest BCUT2D eigenvalue weighted by molar-refractivity contribution is -0.384. The fourth-order valence-electron chi connectivity index (χ4n) is 2.06. The molecule has 1 saturated heterocycles. The number of hydrogen-bond donors (Lipinski definition) is 5. The second-order valence-electron chi connectivity index (χ2n) is 4.70. The van der Waals surface area contributed by atoms with Crippen molar-refractivity contribution in [1.82, 2.24) is 0 Å². The molecule has 5 atom stereocenters. The van der Waals surface area contributed by atoms with Crippen molar-refractivity contribution in [2.75, 3.05) is 11.9 Å². The van der Waals surface area contributed by atoms with Gasteiger partial charge in [0.15, 0.2) is 6.23 Å². The number of aliphatic hydroxyl groups is 4. The molecule has 21 heavy (non-hydrogen) atoms. The van der Waals surface area contributed by atoms with Crippen LogP contribution >= 0.6 is 0 Å². The molecule has 0 unspecified atom stereocenters. The first-order valence-corrected chi connectivity index (χ1v) is 6.25. The fraction of sp³-hybridized carbons (Fsp3) is 0.500. The predicted octanol–water partition coefficient (Wildman–Crippen LogP) is -1.19. The Labute approximate surface area is 119 Å². The van der Waals surface area contributed by atoms with E-state index in [1.54, 1.807) is 0 Å². The Bertz CT molecular complexity index is 493. The zero-order valence-corrected chi connectivity index (χ0v) is 10.9. The van der Waals surface area contributed by atoms with Gasteiger partial charge in [0, 0.05) is 17.8 Å². The molecule has 0 bridgehead atoms. The summed E-state index contributed by atoms with van der Waals surface area (Å²) < 4.78 is 5.26. The summed E-state index contributed by atoms with van der Waals surface area (Å²) in [4.78, 5) is 10.0. The van der Waals surface area contributed by atoms with E-state index >= 15 is 0 Å². The summed E-state index contributed by atoms with van der Waals surface area (Å²) in [5.74, 6) is 0. The van der Waals surface area contributed by atoms with Gasteiger partial charge in [0.1, 0.15) is 24.4 Å². The van der Waals surface area contributed by atoms with Gasteiger partial charge in [-0.05, 0) is 12.1 Å². The van der Waals surface area contributed by atoms with Gasteiger partial charge in [0.05, 0.1) is 11.5 Å². The van der Waals surface area contributed by atoms with Gasteiger partial charge < -0.3 is 30.5 Å². The van der Waals surface area contributed by atoms with Crippen molar-refractivity contribution in [2.24, 2.45) is 0 Å². The van der Waals surface area contributed by atoms with E-state index < -0.39 is 42.2 Å². The molecular weight excluding hydrogens is 284 g/mol. The third-order valence-electron chi connectivity index (χ3n) is 3.28. The van der Waals surface area contributed by atoms with E-state index in [-0.39, 0.29) is 5.69 Å². The Hall–Kier alpha value is -1.78. The number of benzene rings is 1. The van der Waals surface area contributed by atoms with Crippen molar-refractivity contribution < 1.29 is 30.1 Å². The lowest BCUT2D eigenvalue weighted by atomic mass is 9.98. The van der Waals surface area contributed by atoms with E-state index in [0.717, 1.165) is 0 Å². The SMILES string of the molecule is O=[N+]([O-])c1ccc(N[C@H]2O[C@@H](CO)[C@@H](O)[C@@H](O)[C@@H]2O)cc1. The molecule has 0 amide bonds. The van der Waals surface area contributed by atoms with E-state index in [2.05, 4.69) is 5.32 Å². The maximum Gasteiger partial charge on any atom is 0.269 e. The van der Waals surface area contributed by atoms with Gasteiger partial charge in [-0.3, -0.25) is 10.1 Å². The molecule has 1 fully saturated rings. The van der Waals surface area contributed by atoms with Crippen LogP contribution in [0.5, 0.6) is 0 Å². The average molecular weight is 300 g/mol. The van der Waals surface area contributed by atoms with E-state index in [0.29, 0.717) is 5.69 Å². The maximum atomic E-state index is 10.5. The van der Waals surface area contributed by atoms with Crippen LogP contribution in [0.1, 0.15) is 0 Å². The van der Waals surface area contributed by atoms with Gasteiger partial charge in [0.2, 0.25) is 0 Å². The summed E-state index contributed by atoms with van der Waals surface area (Å²) in [5.41, 5.74) is 0.333. The second kappa shape index (κ2) is 6.33. The van der Waals surface area contributed by atoms with E-state index in [1.807, 2.05) is 0 Å². The lowest BCUT2D eigenvalue weighted by Crippen LogP contribution is -2.60. The van der Waals surface area contributed by atoms with Crippen molar-refractivity contribution >= 4 is 11.4 Å². The summed E-state index contributed by atoms with van der Waals surface area (Å²) >= 11 is 0. The molecule has 1 aromatic rings. The Balaban J connectivity index is 2.08. The number of rotatable bonds is 4. The molecule has 5 N–H and O–H groups in total. The molecule has 0 radical (unpaired) electrons. The summed E-state index contributed by atoms with van der Waals surface area (Å²) in [6, 6.07) is 5.37. The Morgan fingerprint density at radius 2 is 1.76 bits per heavy atom. The van der Waals surface area contributed by atoms with Gasteiger partial charge in [-0.2, -0.15) is 0 Å². The number of nitrogens with one attached hydrogen (secondary N) is 1. The van der Waals surface area contributed by atoms with Crippen LogP contribution in [0.4, 0.5) is 11.4 Å². The first-order chi connectivity index (χ1) is 9.93. The van der Waals surface area contributed by atoms with Crippen molar-refractivity contribution in [3.05, 3.63) is 34.4 Å². The third-order valence-corrected chi connectivity index (χ3v) is 3.28. The Kier molecular flexibility index (Phi) is 4.70. The topological polar surface area (TPSA) is 145 Å². The molecule has 0 saturated carbocycles. The van der Waals surface area contributed by atoms with Crippen LogP contribution < -0.4 is 5.32 Å². The number of hydrogen-bond acceptors (Lipinski definition) is 8. The van der Waals surface area contributed by atoms with Crippen LogP contribution in [0.25, 0.3) is 0 Å². The van der Waals surface area contributed by atoms with Crippen LogP contribution in [-0.4, -0.2) is 62.6 Å². The van der Waals surface area contributed by atoms with Gasteiger partial charge in [-0.1, -0.05) is 0 Å². The molecule has 0 spiro atoms. The fourth-order valence-corrected chi connectivity index (χ4v) is 2.06. The smallest absolute Gasteiger partial charge is 0.269 e. The quantitative estimate of drug-likeness (QED) is 0.344. The predicted molar refractivity (Wildman–Crippen MR) is 70.5 cm³/mol. The summed E-state index contributed by atoms with van der Waals surface area (Å²) in [7, 11) is 0. The summed E-state index contributed by atoms with van der Waals surface area (Å²) in [6.45, 7) is -0.524. The van der Waals surface area contributed by atoms with Crippen molar-refractivity contribution in [3.63, 3.8) is 0 Å². The molecule has 1 aromatic carbocycles. The Morgan fingerprint density at radius 3 is 2.29 bits per heavy atom. The van der Waals surface area contributed by atoms with Gasteiger partial charge >= 0.3 is 0 Å². The van der Waals surface area contributed by atoms with Gasteiger partial charge in [0.25, 0.3) is 5.69 Å². The van der Waals surface area contributed by atoms with E-state index in [1.165, 1.54) is 24.3 Å².